The minimum atomic E-state index is -1.16. The molecule has 2 rings (SSSR count). The number of hydrogen-bond donors (Lipinski definition) is 3. The molecule has 0 heterocycles. The number of phenols is 1. The highest BCUT2D eigenvalue weighted by Crippen LogP contribution is 2.26. The van der Waals surface area contributed by atoms with Crippen molar-refractivity contribution in [1.29, 1.82) is 0 Å². The molecule has 2 aromatic carbocycles. The number of phenolic OH excluding ortho intramolecular Hbond substituents is 1. The Hall–Kier alpha value is -4.34. The maximum Gasteiger partial charge on any atom is 0.408 e. The lowest BCUT2D eigenvalue weighted by molar-refractivity contribution is -0.144. The zero-order valence-electron chi connectivity index (χ0n) is 23.9. The second-order valence-electron chi connectivity index (χ2n) is 10.5. The van der Waals surface area contributed by atoms with Gasteiger partial charge in [0.05, 0.1) is 7.11 Å². The average Bonchev–Trinajstić information content (AvgIpc) is 2.85. The van der Waals surface area contributed by atoms with Crippen LogP contribution in [0.4, 0.5) is 4.79 Å². The van der Waals surface area contributed by atoms with Crippen LogP contribution >= 0.6 is 0 Å². The van der Waals surface area contributed by atoms with Gasteiger partial charge in [-0.25, -0.2) is 4.79 Å². The lowest BCUT2D eigenvalue weighted by atomic mass is 9.97. The summed E-state index contributed by atoms with van der Waals surface area (Å²) in [5.74, 6) is -1.77. The van der Waals surface area contributed by atoms with Crippen LogP contribution in [0, 0.1) is 13.8 Å². The summed E-state index contributed by atoms with van der Waals surface area (Å²) in [7, 11) is 1.21. The van der Waals surface area contributed by atoms with Gasteiger partial charge in [0.15, 0.2) is 0 Å². The number of carbonyl (C=O) groups excluding carboxylic acids is 4. The Morgan fingerprint density at radius 3 is 2.17 bits per heavy atom. The molecule has 0 bridgehead atoms. The number of carbonyl (C=O) groups is 4. The van der Waals surface area contributed by atoms with E-state index in [1.807, 2.05) is 19.9 Å². The largest absolute Gasteiger partial charge is 0.508 e. The minimum absolute atomic E-state index is 0.0375. The van der Waals surface area contributed by atoms with Gasteiger partial charge in [-0.15, -0.1) is 6.58 Å². The third-order valence-corrected chi connectivity index (χ3v) is 5.73. The number of nitrogens with zero attached hydrogens (tertiary/aromatic N) is 1. The van der Waals surface area contributed by atoms with Crippen LogP contribution < -0.4 is 10.6 Å². The van der Waals surface area contributed by atoms with Crippen molar-refractivity contribution in [3.63, 3.8) is 0 Å². The maximum atomic E-state index is 14.2. The molecule has 0 saturated heterocycles. The third-order valence-electron chi connectivity index (χ3n) is 5.73. The van der Waals surface area contributed by atoms with Gasteiger partial charge in [-0.3, -0.25) is 14.4 Å². The van der Waals surface area contributed by atoms with Crippen LogP contribution in [-0.4, -0.2) is 65.7 Å². The first kappa shape index (κ1) is 31.9. The monoisotopic (exact) mass is 553 g/mol. The first-order valence-corrected chi connectivity index (χ1v) is 12.9. The van der Waals surface area contributed by atoms with Crippen molar-refractivity contribution >= 4 is 23.9 Å². The number of benzene rings is 2. The second kappa shape index (κ2) is 14.2. The summed E-state index contributed by atoms with van der Waals surface area (Å²) >= 11 is 0. The SMILES string of the molecule is C=CCN(C(=O)C(Cc1ccc(O)cc1)NC(=O)OC(C)(C)C)C(C(=O)NCC(=O)OC)c1cc(C)cc(C)c1. The van der Waals surface area contributed by atoms with Crippen molar-refractivity contribution in [2.75, 3.05) is 20.2 Å². The quantitative estimate of drug-likeness (QED) is 0.286. The third kappa shape index (κ3) is 9.76. The number of methoxy groups -OCH3 is 1. The minimum Gasteiger partial charge on any atom is -0.508 e. The van der Waals surface area contributed by atoms with Crippen molar-refractivity contribution < 1.29 is 33.8 Å². The van der Waals surface area contributed by atoms with E-state index in [0.29, 0.717) is 11.1 Å². The number of alkyl carbamates (subject to hydrolysis) is 1. The zero-order valence-corrected chi connectivity index (χ0v) is 23.9. The van der Waals surface area contributed by atoms with Crippen molar-refractivity contribution in [3.05, 3.63) is 77.4 Å². The molecule has 3 N–H and O–H groups in total. The van der Waals surface area contributed by atoms with Crippen LogP contribution in [0.15, 0.2) is 55.1 Å². The van der Waals surface area contributed by atoms with Crippen LogP contribution in [0.2, 0.25) is 0 Å². The van der Waals surface area contributed by atoms with E-state index in [1.165, 1.54) is 30.2 Å². The first-order valence-electron chi connectivity index (χ1n) is 12.9. The highest BCUT2D eigenvalue weighted by molar-refractivity contribution is 5.93. The highest BCUT2D eigenvalue weighted by Gasteiger charge is 2.36. The normalized spacial score (nSPS) is 12.4. The summed E-state index contributed by atoms with van der Waals surface area (Å²) in [6.07, 6.45) is 0.725. The Morgan fingerprint density at radius 2 is 1.65 bits per heavy atom. The number of amides is 3. The molecule has 10 nitrogen and oxygen atoms in total. The van der Waals surface area contributed by atoms with Crippen molar-refractivity contribution in [2.24, 2.45) is 0 Å². The molecule has 0 fully saturated rings. The van der Waals surface area contributed by atoms with E-state index in [9.17, 15) is 24.3 Å². The molecule has 2 atom stereocenters. The molecule has 10 heteroatoms. The molecular weight excluding hydrogens is 514 g/mol. The number of aromatic hydroxyl groups is 1. The van der Waals surface area contributed by atoms with E-state index >= 15 is 0 Å². The van der Waals surface area contributed by atoms with Crippen molar-refractivity contribution in [1.82, 2.24) is 15.5 Å². The molecule has 0 aliphatic rings. The Kier molecular flexibility index (Phi) is 11.3. The van der Waals surface area contributed by atoms with Gasteiger partial charge < -0.3 is 30.1 Å². The number of hydrogen-bond acceptors (Lipinski definition) is 7. The van der Waals surface area contributed by atoms with Gasteiger partial charge in [-0.1, -0.05) is 47.5 Å². The molecule has 2 unspecified atom stereocenters. The van der Waals surface area contributed by atoms with E-state index in [-0.39, 0.29) is 25.3 Å². The van der Waals surface area contributed by atoms with Gasteiger partial charge in [0.2, 0.25) is 11.8 Å². The number of aryl methyl sites for hydroxylation is 2. The lowest BCUT2D eigenvalue weighted by Crippen LogP contribution is -2.54. The number of ether oxygens (including phenoxy) is 2. The summed E-state index contributed by atoms with van der Waals surface area (Å²) in [6, 6.07) is 9.43. The molecule has 0 aliphatic heterocycles. The van der Waals surface area contributed by atoms with E-state index in [4.69, 9.17) is 4.74 Å². The summed E-state index contributed by atoms with van der Waals surface area (Å²) in [5, 5.41) is 14.9. The van der Waals surface area contributed by atoms with E-state index in [2.05, 4.69) is 21.9 Å². The van der Waals surface area contributed by atoms with E-state index in [0.717, 1.165) is 11.1 Å². The van der Waals surface area contributed by atoms with Gasteiger partial charge in [0.1, 0.15) is 30.0 Å². The number of rotatable bonds is 11. The van der Waals surface area contributed by atoms with Crippen LogP contribution in [0.3, 0.4) is 0 Å². The van der Waals surface area contributed by atoms with Gasteiger partial charge in [0, 0.05) is 13.0 Å². The Morgan fingerprint density at radius 1 is 1.05 bits per heavy atom. The molecule has 2 aromatic rings. The van der Waals surface area contributed by atoms with Gasteiger partial charge in [-0.05, 0) is 57.9 Å². The molecule has 0 aromatic heterocycles. The van der Waals surface area contributed by atoms with E-state index in [1.54, 1.807) is 45.0 Å². The first-order chi connectivity index (χ1) is 18.7. The number of esters is 1. The summed E-state index contributed by atoms with van der Waals surface area (Å²) < 4.78 is 10.1. The molecule has 3 amide bonds. The molecular formula is C30H39N3O7. The molecule has 0 saturated carbocycles. The lowest BCUT2D eigenvalue weighted by Gasteiger charge is -2.34. The highest BCUT2D eigenvalue weighted by atomic mass is 16.6. The van der Waals surface area contributed by atoms with Crippen LogP contribution in [0.25, 0.3) is 0 Å². The topological polar surface area (TPSA) is 134 Å². The molecule has 216 valence electrons. The van der Waals surface area contributed by atoms with E-state index < -0.39 is 41.6 Å². The summed E-state index contributed by atoms with van der Waals surface area (Å²) in [6.45, 7) is 12.2. The standard InChI is InChI=1S/C30H39N3O7/c1-8-13-33(26(27(36)31-18-25(35)39-7)22-15-19(2)14-20(3)16-22)28(37)24(32-29(38)40-30(4,5)6)17-21-9-11-23(34)12-10-21/h8-12,14-16,24,26,34H,1,13,17-18H2,2-7H3,(H,31,36)(H,32,38). The maximum absolute atomic E-state index is 14.2. The summed E-state index contributed by atoms with van der Waals surface area (Å²) in [4.78, 5) is 53.6. The van der Waals surface area contributed by atoms with Gasteiger partial charge >= 0.3 is 12.1 Å². The smallest absolute Gasteiger partial charge is 0.408 e. The fraction of sp³-hybridized carbons (Fsp3) is 0.400. The zero-order chi connectivity index (χ0) is 30.0. The second-order valence-corrected chi connectivity index (χ2v) is 10.5. The van der Waals surface area contributed by atoms with Crippen LogP contribution in [0.5, 0.6) is 5.75 Å². The summed E-state index contributed by atoms with van der Waals surface area (Å²) in [5.41, 5.74) is 2.12. The Balaban J connectivity index is 2.56. The van der Waals surface area contributed by atoms with Gasteiger partial charge in [0.25, 0.3) is 0 Å². The van der Waals surface area contributed by atoms with Gasteiger partial charge in [-0.2, -0.15) is 0 Å². The van der Waals surface area contributed by atoms with Crippen molar-refractivity contribution in [3.8, 4) is 5.75 Å². The number of nitrogens with one attached hydrogen (secondary N) is 2. The Bertz CT molecular complexity index is 1200. The molecule has 0 aliphatic carbocycles. The molecule has 0 spiro atoms. The van der Waals surface area contributed by atoms with Crippen LogP contribution in [-0.2, 0) is 30.3 Å². The van der Waals surface area contributed by atoms with Crippen LogP contribution in [0.1, 0.15) is 49.1 Å². The predicted octanol–water partition coefficient (Wildman–Crippen LogP) is 3.49. The fourth-order valence-corrected chi connectivity index (χ4v) is 4.15. The molecule has 40 heavy (non-hydrogen) atoms. The predicted molar refractivity (Wildman–Crippen MR) is 151 cm³/mol. The molecule has 0 radical (unpaired) electrons. The average molecular weight is 554 g/mol. The van der Waals surface area contributed by atoms with Crippen molar-refractivity contribution in [2.45, 2.75) is 58.7 Å². The Labute approximate surface area is 235 Å². The fourth-order valence-electron chi connectivity index (χ4n) is 4.15.